The fraction of sp³-hybridized carbons (Fsp3) is 0.308. The van der Waals surface area contributed by atoms with E-state index in [1.54, 1.807) is 23.9 Å². The molecule has 2 aromatic rings. The van der Waals surface area contributed by atoms with E-state index in [1.165, 1.54) is 6.33 Å². The molecular formula is C13H14AsClN6O. The first-order valence-electron chi connectivity index (χ1n) is 6.58. The Bertz CT molecular complexity index is 707. The molecule has 1 aliphatic rings. The Balaban J connectivity index is 1.90. The van der Waals surface area contributed by atoms with Gasteiger partial charge in [-0.2, -0.15) is 0 Å². The van der Waals surface area contributed by atoms with Crippen molar-refractivity contribution < 1.29 is 5.11 Å². The van der Waals surface area contributed by atoms with Crippen LogP contribution in [0.1, 0.15) is 25.2 Å². The molecule has 3 heterocycles. The first kappa shape index (κ1) is 15.5. The van der Waals surface area contributed by atoms with E-state index in [4.69, 9.17) is 11.6 Å². The molecular weight excluding hydrogens is 367 g/mol. The third kappa shape index (κ3) is 2.90. The molecule has 7 nitrogen and oxygen atoms in total. The van der Waals surface area contributed by atoms with Crippen LogP contribution < -0.4 is 10.4 Å². The zero-order valence-electron chi connectivity index (χ0n) is 12.0. The van der Waals surface area contributed by atoms with Gasteiger partial charge in [0, 0.05) is 0 Å². The third-order valence-electron chi connectivity index (χ3n) is 3.21. The molecule has 2 aromatic heterocycles. The van der Waals surface area contributed by atoms with Crippen LogP contribution >= 0.6 is 11.6 Å². The van der Waals surface area contributed by atoms with Gasteiger partial charge in [-0.1, -0.05) is 0 Å². The number of pyridine rings is 1. The summed E-state index contributed by atoms with van der Waals surface area (Å²) >= 11 is 8.43. The average Bonchev–Trinajstić information content (AvgIpc) is 2.77. The van der Waals surface area contributed by atoms with Crippen LogP contribution in [0.4, 0.5) is 11.5 Å². The van der Waals surface area contributed by atoms with Crippen LogP contribution in [-0.4, -0.2) is 41.2 Å². The van der Waals surface area contributed by atoms with E-state index in [2.05, 4.69) is 37.5 Å². The molecule has 0 aliphatic carbocycles. The standard InChI is InChI=1S/C13H14AsClN6O/c1-13(2,22)9-5-3-4-8(18-9)6-20-12-10(19-21(20)14)11(15)16-7-17-12/h3-5,7,19,22H,6H2,1-2H3. The topological polar surface area (TPSA) is 77.4 Å². The summed E-state index contributed by atoms with van der Waals surface area (Å²) in [7, 11) is 0. The molecule has 0 bridgehead atoms. The number of hydrogen-bond donors (Lipinski definition) is 2. The Hall–Kier alpha value is -1.40. The van der Waals surface area contributed by atoms with E-state index in [0.717, 1.165) is 5.69 Å². The van der Waals surface area contributed by atoms with Crippen molar-refractivity contribution in [3.05, 3.63) is 41.1 Å². The second-order valence-corrected chi connectivity index (χ2v) is 6.55. The summed E-state index contributed by atoms with van der Waals surface area (Å²) in [6.07, 6.45) is 1.42. The van der Waals surface area contributed by atoms with E-state index >= 15 is 0 Å². The molecule has 0 fully saturated rings. The Morgan fingerprint density at radius 3 is 2.86 bits per heavy atom. The number of fused-ring (bicyclic) bond motifs is 1. The minimum absolute atomic E-state index is 0.363. The van der Waals surface area contributed by atoms with Gasteiger partial charge in [0.1, 0.15) is 0 Å². The molecule has 0 saturated heterocycles. The van der Waals surface area contributed by atoms with Gasteiger partial charge in [-0.15, -0.1) is 0 Å². The van der Waals surface area contributed by atoms with Gasteiger partial charge in [0.05, 0.1) is 0 Å². The predicted molar refractivity (Wildman–Crippen MR) is 83.9 cm³/mol. The summed E-state index contributed by atoms with van der Waals surface area (Å²) in [5.74, 6) is 0.677. The third-order valence-corrected chi connectivity index (χ3v) is 4.16. The summed E-state index contributed by atoms with van der Waals surface area (Å²) in [5.41, 5.74) is 4.18. The number of hydrazine groups is 2. The quantitative estimate of drug-likeness (QED) is 0.615. The molecule has 0 spiro atoms. The van der Waals surface area contributed by atoms with Crippen molar-refractivity contribution in [2.24, 2.45) is 0 Å². The van der Waals surface area contributed by atoms with Crippen LogP contribution in [0.15, 0.2) is 24.5 Å². The summed E-state index contributed by atoms with van der Waals surface area (Å²) < 4.78 is 1.72. The number of rotatable bonds is 3. The van der Waals surface area contributed by atoms with Crippen molar-refractivity contribution >= 4 is 40.2 Å². The van der Waals surface area contributed by atoms with E-state index in [0.29, 0.717) is 28.9 Å². The number of halogens is 1. The first-order valence-corrected chi connectivity index (χ1v) is 7.80. The fourth-order valence-corrected chi connectivity index (χ4v) is 2.79. The zero-order valence-corrected chi connectivity index (χ0v) is 14.7. The van der Waals surface area contributed by atoms with Crippen molar-refractivity contribution in [1.29, 1.82) is 0 Å². The normalized spacial score (nSPS) is 14.9. The van der Waals surface area contributed by atoms with E-state index < -0.39 is 5.60 Å². The molecule has 114 valence electrons. The molecule has 0 amide bonds. The molecule has 0 unspecified atom stereocenters. The Morgan fingerprint density at radius 2 is 2.14 bits per heavy atom. The van der Waals surface area contributed by atoms with Crippen LogP contribution in [0.3, 0.4) is 0 Å². The number of hydrogen-bond acceptors (Lipinski definition) is 7. The number of aromatic nitrogens is 3. The number of nitrogens with zero attached hydrogens (tertiary/aromatic N) is 5. The van der Waals surface area contributed by atoms with Crippen LogP contribution in [0, 0.1) is 0 Å². The second-order valence-electron chi connectivity index (χ2n) is 5.40. The van der Waals surface area contributed by atoms with Gasteiger partial charge in [-0.3, -0.25) is 0 Å². The first-order chi connectivity index (χ1) is 10.4. The van der Waals surface area contributed by atoms with E-state index in [-0.39, 0.29) is 0 Å². The van der Waals surface area contributed by atoms with Gasteiger partial charge in [0.2, 0.25) is 0 Å². The average molecular weight is 381 g/mol. The summed E-state index contributed by atoms with van der Waals surface area (Å²) in [5, 5.41) is 12.3. The van der Waals surface area contributed by atoms with Gasteiger partial charge >= 0.3 is 142 Å². The predicted octanol–water partition coefficient (Wildman–Crippen LogP) is 1.40. The molecule has 2 N–H and O–H groups in total. The second kappa shape index (κ2) is 5.66. The van der Waals surface area contributed by atoms with Crippen LogP contribution in [0.25, 0.3) is 0 Å². The number of anilines is 2. The van der Waals surface area contributed by atoms with Crippen LogP contribution in [-0.2, 0) is 12.1 Å². The van der Waals surface area contributed by atoms with Gasteiger partial charge in [0.25, 0.3) is 0 Å². The maximum absolute atomic E-state index is 10.1. The molecule has 22 heavy (non-hydrogen) atoms. The monoisotopic (exact) mass is 380 g/mol. The minimum atomic E-state index is -0.982. The van der Waals surface area contributed by atoms with Crippen molar-refractivity contribution in [3.63, 3.8) is 0 Å². The maximum atomic E-state index is 10.1. The molecule has 0 aromatic carbocycles. The SMILES string of the molecule is CC(C)(O)c1cccc(CN2c3ncnc(Cl)c3NN2[As])n1. The molecule has 1 aliphatic heterocycles. The molecule has 2 radical (unpaired) electrons. The van der Waals surface area contributed by atoms with Gasteiger partial charge in [0.15, 0.2) is 0 Å². The van der Waals surface area contributed by atoms with Crippen molar-refractivity contribution in [3.8, 4) is 0 Å². The van der Waals surface area contributed by atoms with Crippen molar-refractivity contribution in [2.45, 2.75) is 26.0 Å². The molecule has 0 saturated carbocycles. The van der Waals surface area contributed by atoms with Gasteiger partial charge < -0.3 is 0 Å². The summed E-state index contributed by atoms with van der Waals surface area (Å²) in [6.45, 7) is 3.90. The van der Waals surface area contributed by atoms with Gasteiger partial charge in [-0.25, -0.2) is 0 Å². The molecule has 0 atom stereocenters. The Labute approximate surface area is 142 Å². The van der Waals surface area contributed by atoms with Crippen molar-refractivity contribution in [1.82, 2.24) is 19.0 Å². The number of aliphatic hydroxyl groups is 1. The van der Waals surface area contributed by atoms with Crippen LogP contribution in [0.2, 0.25) is 5.15 Å². The Kier molecular flexibility index (Phi) is 3.99. The van der Waals surface area contributed by atoms with E-state index in [9.17, 15) is 5.11 Å². The summed E-state index contributed by atoms with van der Waals surface area (Å²) in [6, 6.07) is 5.58. The van der Waals surface area contributed by atoms with Crippen molar-refractivity contribution in [2.75, 3.05) is 10.4 Å². The Morgan fingerprint density at radius 1 is 1.36 bits per heavy atom. The molecule has 3 rings (SSSR count). The van der Waals surface area contributed by atoms with E-state index in [1.807, 2.05) is 17.1 Å². The zero-order chi connectivity index (χ0) is 15.9. The van der Waals surface area contributed by atoms with Crippen LogP contribution in [0.5, 0.6) is 0 Å². The number of nitrogens with one attached hydrogen (secondary N) is 1. The van der Waals surface area contributed by atoms with Gasteiger partial charge in [-0.05, 0) is 0 Å². The molecule has 9 heteroatoms. The fourth-order valence-electron chi connectivity index (χ4n) is 2.10. The summed E-state index contributed by atoms with van der Waals surface area (Å²) in [4.78, 5) is 12.7.